The second-order valence-corrected chi connectivity index (χ2v) is 7.38. The SMILES string of the molecule is CC1(C)CC(C(O)CN(CCO)CCO)CC(C)(C)N1. The smallest absolute Gasteiger partial charge is 0.0696 e. The van der Waals surface area contributed by atoms with E-state index in [9.17, 15) is 5.11 Å². The van der Waals surface area contributed by atoms with Crippen molar-refractivity contribution >= 4 is 0 Å². The van der Waals surface area contributed by atoms with Crippen LogP contribution in [-0.2, 0) is 0 Å². The monoisotopic (exact) mass is 288 g/mol. The number of rotatable bonds is 7. The number of aliphatic hydroxyl groups is 3. The molecule has 120 valence electrons. The average Bonchev–Trinajstić information content (AvgIpc) is 2.25. The van der Waals surface area contributed by atoms with Gasteiger partial charge in [-0.2, -0.15) is 0 Å². The topological polar surface area (TPSA) is 76.0 Å². The van der Waals surface area contributed by atoms with Gasteiger partial charge in [-0.1, -0.05) is 0 Å². The van der Waals surface area contributed by atoms with Crippen LogP contribution in [-0.4, -0.2) is 70.2 Å². The zero-order valence-corrected chi connectivity index (χ0v) is 13.4. The highest BCUT2D eigenvalue weighted by atomic mass is 16.3. The molecule has 0 saturated carbocycles. The van der Waals surface area contributed by atoms with Crippen LogP contribution in [0.1, 0.15) is 40.5 Å². The van der Waals surface area contributed by atoms with Crippen LogP contribution in [0.4, 0.5) is 0 Å². The Labute approximate surface area is 123 Å². The van der Waals surface area contributed by atoms with Crippen LogP contribution in [0, 0.1) is 5.92 Å². The molecule has 1 aliphatic heterocycles. The lowest BCUT2D eigenvalue weighted by Gasteiger charge is -2.48. The lowest BCUT2D eigenvalue weighted by Crippen LogP contribution is -2.60. The van der Waals surface area contributed by atoms with Gasteiger partial charge in [0.25, 0.3) is 0 Å². The first-order valence-corrected chi connectivity index (χ1v) is 7.60. The van der Waals surface area contributed by atoms with Gasteiger partial charge in [-0.05, 0) is 46.5 Å². The summed E-state index contributed by atoms with van der Waals surface area (Å²) in [6, 6.07) is 0. The minimum atomic E-state index is -0.422. The van der Waals surface area contributed by atoms with Crippen molar-refractivity contribution < 1.29 is 15.3 Å². The fourth-order valence-electron chi connectivity index (χ4n) is 3.66. The Bertz CT molecular complexity index is 273. The second-order valence-electron chi connectivity index (χ2n) is 7.38. The van der Waals surface area contributed by atoms with Crippen LogP contribution in [0.25, 0.3) is 0 Å². The van der Waals surface area contributed by atoms with Gasteiger partial charge in [-0.25, -0.2) is 0 Å². The van der Waals surface area contributed by atoms with E-state index in [1.807, 2.05) is 4.90 Å². The molecule has 1 atom stereocenters. The van der Waals surface area contributed by atoms with Crippen molar-refractivity contribution in [1.29, 1.82) is 0 Å². The van der Waals surface area contributed by atoms with E-state index >= 15 is 0 Å². The molecule has 20 heavy (non-hydrogen) atoms. The zero-order valence-electron chi connectivity index (χ0n) is 13.4. The molecule has 1 saturated heterocycles. The summed E-state index contributed by atoms with van der Waals surface area (Å²) >= 11 is 0. The van der Waals surface area contributed by atoms with Gasteiger partial charge in [0.2, 0.25) is 0 Å². The Kier molecular flexibility index (Phi) is 6.41. The third-order valence-electron chi connectivity index (χ3n) is 4.04. The van der Waals surface area contributed by atoms with E-state index in [2.05, 4.69) is 33.0 Å². The van der Waals surface area contributed by atoms with Crippen LogP contribution in [0.5, 0.6) is 0 Å². The highest BCUT2D eigenvalue weighted by molar-refractivity contribution is 4.98. The summed E-state index contributed by atoms with van der Waals surface area (Å²) in [5.74, 6) is 0.237. The maximum absolute atomic E-state index is 10.5. The quantitative estimate of drug-likeness (QED) is 0.538. The predicted molar refractivity (Wildman–Crippen MR) is 80.6 cm³/mol. The third-order valence-corrected chi connectivity index (χ3v) is 4.04. The molecule has 1 fully saturated rings. The lowest BCUT2D eigenvalue weighted by molar-refractivity contribution is 0.00165. The van der Waals surface area contributed by atoms with E-state index in [-0.39, 0.29) is 30.2 Å². The maximum Gasteiger partial charge on any atom is 0.0696 e. The van der Waals surface area contributed by atoms with E-state index in [1.165, 1.54) is 0 Å². The molecule has 0 radical (unpaired) electrons. The van der Waals surface area contributed by atoms with Gasteiger partial charge < -0.3 is 20.6 Å². The lowest BCUT2D eigenvalue weighted by atomic mass is 9.73. The van der Waals surface area contributed by atoms with Crippen molar-refractivity contribution in [3.8, 4) is 0 Å². The van der Waals surface area contributed by atoms with Crippen LogP contribution in [0.15, 0.2) is 0 Å². The van der Waals surface area contributed by atoms with Crippen LogP contribution in [0.3, 0.4) is 0 Å². The summed E-state index contributed by atoms with van der Waals surface area (Å²) in [5, 5.41) is 32.2. The Balaban J connectivity index is 2.63. The molecule has 0 aromatic rings. The van der Waals surface area contributed by atoms with E-state index in [1.54, 1.807) is 0 Å². The van der Waals surface area contributed by atoms with Gasteiger partial charge in [0.15, 0.2) is 0 Å². The van der Waals surface area contributed by atoms with Crippen molar-refractivity contribution in [2.24, 2.45) is 5.92 Å². The minimum absolute atomic E-state index is 0.0200. The molecule has 0 spiro atoms. The van der Waals surface area contributed by atoms with Gasteiger partial charge in [0, 0.05) is 30.7 Å². The molecule has 5 nitrogen and oxygen atoms in total. The molecule has 4 N–H and O–H groups in total. The predicted octanol–water partition coefficient (Wildman–Crippen LogP) is 0.191. The molecule has 1 rings (SSSR count). The molecular formula is C15H32N2O3. The summed E-state index contributed by atoms with van der Waals surface area (Å²) in [6.45, 7) is 10.3. The van der Waals surface area contributed by atoms with Crippen molar-refractivity contribution in [3.05, 3.63) is 0 Å². The van der Waals surface area contributed by atoms with Crippen molar-refractivity contribution in [2.75, 3.05) is 32.8 Å². The van der Waals surface area contributed by atoms with E-state index in [4.69, 9.17) is 10.2 Å². The summed E-state index contributed by atoms with van der Waals surface area (Å²) < 4.78 is 0. The van der Waals surface area contributed by atoms with Crippen LogP contribution < -0.4 is 5.32 Å². The third kappa shape index (κ3) is 5.66. The highest BCUT2D eigenvalue weighted by Crippen LogP contribution is 2.34. The fourth-order valence-corrected chi connectivity index (χ4v) is 3.66. The Morgan fingerprint density at radius 2 is 1.50 bits per heavy atom. The Morgan fingerprint density at radius 1 is 1.05 bits per heavy atom. The summed E-state index contributed by atoms with van der Waals surface area (Å²) in [7, 11) is 0. The minimum Gasteiger partial charge on any atom is -0.395 e. The molecule has 0 bridgehead atoms. The van der Waals surface area contributed by atoms with Gasteiger partial charge >= 0.3 is 0 Å². The number of hydrogen-bond donors (Lipinski definition) is 4. The number of aliphatic hydroxyl groups excluding tert-OH is 3. The van der Waals surface area contributed by atoms with Gasteiger partial charge in [0.05, 0.1) is 19.3 Å². The molecule has 0 aliphatic carbocycles. The van der Waals surface area contributed by atoms with E-state index in [0.29, 0.717) is 19.6 Å². The van der Waals surface area contributed by atoms with Crippen molar-refractivity contribution in [1.82, 2.24) is 10.2 Å². The normalized spacial score (nSPS) is 24.0. The highest BCUT2D eigenvalue weighted by Gasteiger charge is 2.40. The summed E-state index contributed by atoms with van der Waals surface area (Å²) in [4.78, 5) is 1.92. The largest absolute Gasteiger partial charge is 0.395 e. The molecule has 0 aromatic carbocycles. The molecule has 1 unspecified atom stereocenters. The number of piperidine rings is 1. The fraction of sp³-hybridized carbons (Fsp3) is 1.00. The summed E-state index contributed by atoms with van der Waals surface area (Å²) in [5.41, 5.74) is 0.0400. The van der Waals surface area contributed by atoms with Crippen LogP contribution >= 0.6 is 0 Å². The molecule has 1 aliphatic rings. The van der Waals surface area contributed by atoms with Gasteiger partial charge in [-0.3, -0.25) is 4.90 Å². The first-order chi connectivity index (χ1) is 9.19. The number of nitrogens with zero attached hydrogens (tertiary/aromatic N) is 1. The molecule has 0 aromatic heterocycles. The van der Waals surface area contributed by atoms with E-state index in [0.717, 1.165) is 12.8 Å². The number of hydrogen-bond acceptors (Lipinski definition) is 5. The van der Waals surface area contributed by atoms with Crippen molar-refractivity contribution in [2.45, 2.75) is 57.7 Å². The Hall–Kier alpha value is -0.200. The maximum atomic E-state index is 10.5. The van der Waals surface area contributed by atoms with Gasteiger partial charge in [0.1, 0.15) is 0 Å². The standard InChI is InChI=1S/C15H32N2O3/c1-14(2)9-12(10-15(3,4)16-14)13(20)11-17(5-7-18)6-8-19/h12-13,16,18-20H,5-11H2,1-4H3. The zero-order chi connectivity index (χ0) is 15.4. The molecule has 0 amide bonds. The summed E-state index contributed by atoms with van der Waals surface area (Å²) in [6.07, 6.45) is 1.45. The molecule has 1 heterocycles. The van der Waals surface area contributed by atoms with Crippen LogP contribution in [0.2, 0.25) is 0 Å². The first-order valence-electron chi connectivity index (χ1n) is 7.60. The number of nitrogens with one attached hydrogen (secondary N) is 1. The van der Waals surface area contributed by atoms with Gasteiger partial charge in [-0.15, -0.1) is 0 Å². The first kappa shape index (κ1) is 17.9. The van der Waals surface area contributed by atoms with E-state index < -0.39 is 6.10 Å². The second kappa shape index (κ2) is 7.18. The van der Waals surface area contributed by atoms with Crippen molar-refractivity contribution in [3.63, 3.8) is 0 Å². The average molecular weight is 288 g/mol. The molecular weight excluding hydrogens is 256 g/mol. The molecule has 5 heteroatoms. The Morgan fingerprint density at radius 3 is 1.90 bits per heavy atom.